The van der Waals surface area contributed by atoms with E-state index in [0.29, 0.717) is 23.8 Å². The lowest BCUT2D eigenvalue weighted by molar-refractivity contribution is -0.120. The second-order valence-corrected chi connectivity index (χ2v) is 5.44. The Kier molecular flexibility index (Phi) is 3.08. The topological polar surface area (TPSA) is 67.5 Å². The number of hydrogen-bond donors (Lipinski definition) is 1. The van der Waals surface area contributed by atoms with Crippen LogP contribution in [0.5, 0.6) is 5.75 Å². The van der Waals surface area contributed by atoms with Crippen LogP contribution < -0.4 is 5.63 Å². The van der Waals surface area contributed by atoms with Crippen molar-refractivity contribution in [1.29, 1.82) is 0 Å². The third kappa shape index (κ3) is 2.01. The second kappa shape index (κ2) is 4.78. The highest BCUT2D eigenvalue weighted by Gasteiger charge is 2.28. The maximum absolute atomic E-state index is 12.2. The molecule has 0 aliphatic heterocycles. The SMILES string of the molecule is Cc1cccc2c(O)c([C@@H]3CCCC(=O)C3)c(=O)oc12. The second-order valence-electron chi connectivity index (χ2n) is 5.44. The normalized spacial score (nSPS) is 19.4. The summed E-state index contributed by atoms with van der Waals surface area (Å²) in [5.74, 6) is -0.110. The van der Waals surface area contributed by atoms with Gasteiger partial charge in [-0.3, -0.25) is 4.79 Å². The fourth-order valence-electron chi connectivity index (χ4n) is 2.99. The number of aromatic hydroxyl groups is 1. The number of carbonyl (C=O) groups excluding carboxylic acids is 1. The van der Waals surface area contributed by atoms with Gasteiger partial charge in [-0.15, -0.1) is 0 Å². The lowest BCUT2D eigenvalue weighted by Crippen LogP contribution is -2.19. The van der Waals surface area contributed by atoms with E-state index < -0.39 is 5.63 Å². The number of aryl methyl sites for hydroxylation is 1. The minimum Gasteiger partial charge on any atom is -0.507 e. The van der Waals surface area contributed by atoms with E-state index in [0.717, 1.165) is 18.4 Å². The smallest absolute Gasteiger partial charge is 0.343 e. The maximum atomic E-state index is 12.2. The predicted octanol–water partition coefficient (Wildman–Crippen LogP) is 3.03. The average Bonchev–Trinajstić information content (AvgIpc) is 2.40. The van der Waals surface area contributed by atoms with Crippen LogP contribution in [-0.4, -0.2) is 10.9 Å². The molecular formula is C16H16O4. The third-order valence-corrected chi connectivity index (χ3v) is 4.03. The summed E-state index contributed by atoms with van der Waals surface area (Å²) < 4.78 is 5.37. The molecule has 0 radical (unpaired) electrons. The lowest BCUT2D eigenvalue weighted by Gasteiger charge is -2.21. The Labute approximate surface area is 116 Å². The van der Waals surface area contributed by atoms with Crippen LogP contribution in [0.15, 0.2) is 27.4 Å². The number of carbonyl (C=O) groups is 1. The van der Waals surface area contributed by atoms with Crippen molar-refractivity contribution < 1.29 is 14.3 Å². The minimum absolute atomic E-state index is 0.0281. The molecule has 4 heteroatoms. The van der Waals surface area contributed by atoms with Crippen molar-refractivity contribution in [3.8, 4) is 5.75 Å². The standard InChI is InChI=1S/C16H16O4/c1-9-4-2-7-12-14(18)13(16(19)20-15(9)12)10-5-3-6-11(17)8-10/h2,4,7,10,18H,3,5-6,8H2,1H3/t10-/m1/s1. The Hall–Kier alpha value is -2.10. The minimum atomic E-state index is -0.524. The van der Waals surface area contributed by atoms with E-state index in [9.17, 15) is 14.7 Å². The van der Waals surface area contributed by atoms with E-state index in [1.165, 1.54) is 0 Å². The highest BCUT2D eigenvalue weighted by molar-refractivity contribution is 5.87. The van der Waals surface area contributed by atoms with Gasteiger partial charge in [-0.1, -0.05) is 12.1 Å². The van der Waals surface area contributed by atoms with E-state index in [2.05, 4.69) is 0 Å². The van der Waals surface area contributed by atoms with Crippen LogP contribution in [0.25, 0.3) is 11.0 Å². The highest BCUT2D eigenvalue weighted by Crippen LogP contribution is 2.37. The van der Waals surface area contributed by atoms with Crippen molar-refractivity contribution in [2.24, 2.45) is 0 Å². The third-order valence-electron chi connectivity index (χ3n) is 4.03. The van der Waals surface area contributed by atoms with Crippen LogP contribution in [-0.2, 0) is 4.79 Å². The largest absolute Gasteiger partial charge is 0.507 e. The summed E-state index contributed by atoms with van der Waals surface area (Å²) in [6.45, 7) is 1.83. The van der Waals surface area contributed by atoms with Gasteiger partial charge >= 0.3 is 5.63 Å². The molecule has 1 fully saturated rings. The molecule has 1 N–H and O–H groups in total. The van der Waals surface area contributed by atoms with E-state index in [4.69, 9.17) is 4.42 Å². The summed E-state index contributed by atoms with van der Waals surface area (Å²) in [4.78, 5) is 23.7. The first-order chi connectivity index (χ1) is 9.58. The molecule has 1 saturated carbocycles. The summed E-state index contributed by atoms with van der Waals surface area (Å²) >= 11 is 0. The molecule has 20 heavy (non-hydrogen) atoms. The van der Waals surface area contributed by atoms with Crippen molar-refractivity contribution in [3.05, 3.63) is 39.7 Å². The van der Waals surface area contributed by atoms with Gasteiger partial charge in [0.2, 0.25) is 0 Å². The van der Waals surface area contributed by atoms with Gasteiger partial charge in [0, 0.05) is 18.8 Å². The number of benzene rings is 1. The van der Waals surface area contributed by atoms with Gasteiger partial charge in [-0.25, -0.2) is 4.79 Å². The fourth-order valence-corrected chi connectivity index (χ4v) is 2.99. The fraction of sp³-hybridized carbons (Fsp3) is 0.375. The molecule has 0 amide bonds. The summed E-state index contributed by atoms with van der Waals surface area (Å²) in [7, 11) is 0. The molecule has 2 aromatic rings. The average molecular weight is 272 g/mol. The molecular weight excluding hydrogens is 256 g/mol. The van der Waals surface area contributed by atoms with Gasteiger partial charge in [0.25, 0.3) is 0 Å². The van der Waals surface area contributed by atoms with Crippen molar-refractivity contribution >= 4 is 16.8 Å². The van der Waals surface area contributed by atoms with E-state index in [1.807, 2.05) is 19.1 Å². The molecule has 0 saturated heterocycles. The van der Waals surface area contributed by atoms with Crippen LogP contribution in [0, 0.1) is 6.92 Å². The Morgan fingerprint density at radius 1 is 1.30 bits per heavy atom. The van der Waals surface area contributed by atoms with Crippen molar-refractivity contribution in [2.45, 2.75) is 38.5 Å². The van der Waals surface area contributed by atoms with E-state index in [-0.39, 0.29) is 23.0 Å². The molecule has 1 aliphatic rings. The van der Waals surface area contributed by atoms with Crippen molar-refractivity contribution in [2.75, 3.05) is 0 Å². The number of rotatable bonds is 1. The van der Waals surface area contributed by atoms with Crippen molar-refractivity contribution in [3.63, 3.8) is 0 Å². The molecule has 0 spiro atoms. The number of hydrogen-bond acceptors (Lipinski definition) is 4. The zero-order valence-corrected chi connectivity index (χ0v) is 11.3. The summed E-state index contributed by atoms with van der Waals surface area (Å²) in [6, 6.07) is 5.37. The van der Waals surface area contributed by atoms with Crippen LogP contribution in [0.2, 0.25) is 0 Å². The number of fused-ring (bicyclic) bond motifs is 1. The van der Waals surface area contributed by atoms with Gasteiger partial charge in [-0.05, 0) is 31.4 Å². The van der Waals surface area contributed by atoms with Gasteiger partial charge in [0.1, 0.15) is 17.1 Å². The zero-order chi connectivity index (χ0) is 14.3. The molecule has 0 bridgehead atoms. The van der Waals surface area contributed by atoms with Crippen LogP contribution in [0.3, 0.4) is 0 Å². The molecule has 3 rings (SSSR count). The van der Waals surface area contributed by atoms with Gasteiger partial charge in [0.05, 0.1) is 10.9 Å². The van der Waals surface area contributed by atoms with E-state index >= 15 is 0 Å². The first-order valence-corrected chi connectivity index (χ1v) is 6.85. The first kappa shape index (κ1) is 12.9. The highest BCUT2D eigenvalue weighted by atomic mass is 16.4. The molecule has 1 heterocycles. The lowest BCUT2D eigenvalue weighted by atomic mass is 9.83. The van der Waals surface area contributed by atoms with Crippen LogP contribution >= 0.6 is 0 Å². The Morgan fingerprint density at radius 3 is 2.85 bits per heavy atom. The molecule has 1 atom stereocenters. The molecule has 1 aromatic heterocycles. The number of ketones is 1. The predicted molar refractivity (Wildman–Crippen MR) is 75.1 cm³/mol. The van der Waals surface area contributed by atoms with Crippen molar-refractivity contribution in [1.82, 2.24) is 0 Å². The first-order valence-electron chi connectivity index (χ1n) is 6.85. The Morgan fingerprint density at radius 2 is 2.10 bits per heavy atom. The maximum Gasteiger partial charge on any atom is 0.343 e. The Balaban J connectivity index is 2.21. The van der Waals surface area contributed by atoms with Crippen LogP contribution in [0.1, 0.15) is 42.7 Å². The summed E-state index contributed by atoms with van der Waals surface area (Å²) in [5.41, 5.74) is 0.960. The number of Topliss-reactive ketones (excluding diaryl/α,β-unsaturated/α-hetero) is 1. The molecule has 1 aliphatic carbocycles. The zero-order valence-electron chi connectivity index (χ0n) is 11.3. The van der Waals surface area contributed by atoms with Gasteiger partial charge in [-0.2, -0.15) is 0 Å². The number of para-hydroxylation sites is 1. The summed E-state index contributed by atoms with van der Waals surface area (Å²) in [6.07, 6.45) is 2.38. The van der Waals surface area contributed by atoms with Crippen LogP contribution in [0.4, 0.5) is 0 Å². The Bertz CT molecular complexity index is 742. The van der Waals surface area contributed by atoms with Gasteiger partial charge in [0.15, 0.2) is 0 Å². The van der Waals surface area contributed by atoms with E-state index in [1.54, 1.807) is 6.07 Å². The quantitative estimate of drug-likeness (QED) is 0.810. The monoisotopic (exact) mass is 272 g/mol. The molecule has 1 aromatic carbocycles. The molecule has 104 valence electrons. The van der Waals surface area contributed by atoms with Gasteiger partial charge < -0.3 is 9.52 Å². The molecule has 0 unspecified atom stereocenters. The summed E-state index contributed by atoms with van der Waals surface area (Å²) in [5, 5.41) is 11.0. The molecule has 4 nitrogen and oxygen atoms in total.